The Labute approximate surface area is 123 Å². The second kappa shape index (κ2) is 4.75. The molecule has 2 saturated carbocycles. The van der Waals surface area contributed by atoms with Crippen LogP contribution in [-0.4, -0.2) is 11.6 Å². The van der Waals surface area contributed by atoms with Crippen LogP contribution in [-0.2, 0) is 9.53 Å². The predicted molar refractivity (Wildman–Crippen MR) is 82.2 cm³/mol. The molecule has 0 aromatic heterocycles. The van der Waals surface area contributed by atoms with E-state index in [4.69, 9.17) is 4.74 Å². The summed E-state index contributed by atoms with van der Waals surface area (Å²) in [6.07, 6.45) is 3.18. The molecular formula is C18H28O2. The van der Waals surface area contributed by atoms with Gasteiger partial charge in [0.15, 0.2) is 0 Å². The quantitative estimate of drug-likeness (QED) is 0.520. The van der Waals surface area contributed by atoms with Gasteiger partial charge in [-0.3, -0.25) is 4.79 Å². The number of fused-ring (bicyclic) bond motifs is 1. The zero-order valence-corrected chi connectivity index (χ0v) is 13.6. The second-order valence-electron chi connectivity index (χ2n) is 7.55. The number of carbonyl (C=O) groups excluding carboxylic acids is 1. The Hall–Kier alpha value is -1.05. The molecule has 0 heterocycles. The second-order valence-corrected chi connectivity index (χ2v) is 7.55. The summed E-state index contributed by atoms with van der Waals surface area (Å²) in [5.41, 5.74) is 1.63. The number of ether oxygens (including phenoxy) is 1. The molecule has 2 heteroatoms. The van der Waals surface area contributed by atoms with Crippen molar-refractivity contribution in [3.05, 3.63) is 24.3 Å². The average Bonchev–Trinajstić information content (AvgIpc) is 2.66. The van der Waals surface area contributed by atoms with E-state index in [-0.39, 0.29) is 11.4 Å². The molecule has 112 valence electrons. The molecule has 2 rings (SSSR count). The van der Waals surface area contributed by atoms with Crippen LogP contribution in [0.15, 0.2) is 24.3 Å². The van der Waals surface area contributed by atoms with Crippen LogP contribution in [0.1, 0.15) is 53.9 Å². The van der Waals surface area contributed by atoms with Gasteiger partial charge in [0.2, 0.25) is 0 Å². The summed E-state index contributed by atoms with van der Waals surface area (Å²) in [6.45, 7) is 19.0. The average molecular weight is 276 g/mol. The summed E-state index contributed by atoms with van der Waals surface area (Å²) in [7, 11) is 0. The smallest absolute Gasteiger partial charge is 0.303 e. The maximum atomic E-state index is 11.5. The van der Waals surface area contributed by atoms with Crippen LogP contribution in [0.4, 0.5) is 0 Å². The van der Waals surface area contributed by atoms with Crippen molar-refractivity contribution in [3.63, 3.8) is 0 Å². The molecular weight excluding hydrogens is 248 g/mol. The lowest BCUT2D eigenvalue weighted by Gasteiger charge is -2.41. The number of esters is 1. The van der Waals surface area contributed by atoms with Crippen LogP contribution in [0.25, 0.3) is 0 Å². The van der Waals surface area contributed by atoms with Crippen LogP contribution in [0.3, 0.4) is 0 Å². The van der Waals surface area contributed by atoms with Crippen molar-refractivity contribution in [3.8, 4) is 0 Å². The Morgan fingerprint density at radius 1 is 1.25 bits per heavy atom. The molecule has 0 aromatic rings. The van der Waals surface area contributed by atoms with Crippen LogP contribution in [0.2, 0.25) is 0 Å². The molecule has 0 aliphatic heterocycles. The molecule has 0 spiro atoms. The maximum absolute atomic E-state index is 11.5. The highest BCUT2D eigenvalue weighted by atomic mass is 16.6. The maximum Gasteiger partial charge on any atom is 0.303 e. The van der Waals surface area contributed by atoms with E-state index in [1.54, 1.807) is 0 Å². The van der Waals surface area contributed by atoms with Crippen molar-refractivity contribution in [1.82, 2.24) is 0 Å². The largest absolute Gasteiger partial charge is 0.455 e. The molecule has 20 heavy (non-hydrogen) atoms. The summed E-state index contributed by atoms with van der Waals surface area (Å²) in [5.74, 6) is 1.52. The van der Waals surface area contributed by atoms with E-state index in [1.165, 1.54) is 25.3 Å². The lowest BCUT2D eigenvalue weighted by Crippen LogP contribution is -2.39. The molecule has 2 aliphatic carbocycles. The zero-order valence-electron chi connectivity index (χ0n) is 13.6. The minimum atomic E-state index is -0.615. The number of hydrogen-bond donors (Lipinski definition) is 0. The van der Waals surface area contributed by atoms with E-state index in [1.807, 2.05) is 6.92 Å². The van der Waals surface area contributed by atoms with Gasteiger partial charge in [0.05, 0.1) is 0 Å². The highest BCUT2D eigenvalue weighted by molar-refractivity contribution is 5.67. The fourth-order valence-corrected chi connectivity index (χ4v) is 4.67. The van der Waals surface area contributed by atoms with E-state index in [2.05, 4.69) is 33.9 Å². The predicted octanol–water partition coefficient (Wildman–Crippen LogP) is 4.51. The molecule has 0 saturated heterocycles. The first-order valence-corrected chi connectivity index (χ1v) is 7.66. The SMILES string of the molecule is C=C1C[C@@](C)(OC(C)=O)C(=C)C(C)(C)C2CC[C@H](C)[C@@H]12. The number of carbonyl (C=O) groups is 1. The molecule has 0 radical (unpaired) electrons. The van der Waals surface area contributed by atoms with E-state index in [0.29, 0.717) is 24.2 Å². The monoisotopic (exact) mass is 276 g/mol. The molecule has 2 aliphatic rings. The van der Waals surface area contributed by atoms with Crippen molar-refractivity contribution in [2.45, 2.75) is 59.5 Å². The molecule has 0 amide bonds. The summed E-state index contributed by atoms with van der Waals surface area (Å²) in [6, 6.07) is 0. The van der Waals surface area contributed by atoms with Gasteiger partial charge in [-0.2, -0.15) is 0 Å². The molecule has 2 fully saturated rings. The number of hydrogen-bond acceptors (Lipinski definition) is 2. The third-order valence-electron chi connectivity index (χ3n) is 5.73. The Balaban J connectivity index is 2.46. The van der Waals surface area contributed by atoms with Crippen molar-refractivity contribution >= 4 is 5.97 Å². The van der Waals surface area contributed by atoms with Gasteiger partial charge >= 0.3 is 5.97 Å². The summed E-state index contributed by atoms with van der Waals surface area (Å²) in [4.78, 5) is 11.5. The lowest BCUT2D eigenvalue weighted by molar-refractivity contribution is -0.152. The molecule has 0 bridgehead atoms. The minimum Gasteiger partial charge on any atom is -0.455 e. The molecule has 2 nitrogen and oxygen atoms in total. The first kappa shape index (κ1) is 15.3. The van der Waals surface area contributed by atoms with Gasteiger partial charge in [0, 0.05) is 13.3 Å². The minimum absolute atomic E-state index is 0.0287. The highest BCUT2D eigenvalue weighted by Gasteiger charge is 2.53. The van der Waals surface area contributed by atoms with Crippen molar-refractivity contribution in [1.29, 1.82) is 0 Å². The van der Waals surface area contributed by atoms with Crippen molar-refractivity contribution in [2.75, 3.05) is 0 Å². The van der Waals surface area contributed by atoms with Crippen LogP contribution < -0.4 is 0 Å². The van der Waals surface area contributed by atoms with Crippen molar-refractivity contribution in [2.24, 2.45) is 23.2 Å². The van der Waals surface area contributed by atoms with E-state index in [9.17, 15) is 4.79 Å². The molecule has 1 unspecified atom stereocenters. The van der Waals surface area contributed by atoms with Gasteiger partial charge in [-0.05, 0) is 48.5 Å². The normalized spacial score (nSPS) is 40.1. The Morgan fingerprint density at radius 3 is 2.40 bits per heavy atom. The van der Waals surface area contributed by atoms with Crippen LogP contribution >= 0.6 is 0 Å². The third-order valence-corrected chi connectivity index (χ3v) is 5.73. The summed E-state index contributed by atoms with van der Waals surface area (Å²) >= 11 is 0. The van der Waals surface area contributed by atoms with Gasteiger partial charge in [0.1, 0.15) is 5.60 Å². The van der Waals surface area contributed by atoms with Gasteiger partial charge < -0.3 is 4.74 Å². The lowest BCUT2D eigenvalue weighted by atomic mass is 9.67. The third kappa shape index (κ3) is 2.23. The molecule has 0 N–H and O–H groups in total. The standard InChI is InChI=1S/C18H28O2/c1-11-8-9-15-16(11)12(2)10-18(7,20-14(4)19)13(3)17(15,5)6/h11,15-16H,2-3,8-10H2,1,4-7H3/t11-,15?,16-,18+/m0/s1. The van der Waals surface area contributed by atoms with Gasteiger partial charge in [0.25, 0.3) is 0 Å². The zero-order chi connectivity index (χ0) is 15.3. The summed E-state index contributed by atoms with van der Waals surface area (Å²) < 4.78 is 5.68. The van der Waals surface area contributed by atoms with Gasteiger partial charge in [-0.25, -0.2) is 0 Å². The summed E-state index contributed by atoms with van der Waals surface area (Å²) in [5, 5.41) is 0. The van der Waals surface area contributed by atoms with Crippen LogP contribution in [0, 0.1) is 23.2 Å². The molecule has 4 atom stereocenters. The van der Waals surface area contributed by atoms with Crippen LogP contribution in [0.5, 0.6) is 0 Å². The first-order valence-electron chi connectivity index (χ1n) is 7.66. The molecule has 0 aromatic carbocycles. The van der Waals surface area contributed by atoms with Gasteiger partial charge in [-0.1, -0.05) is 39.5 Å². The Morgan fingerprint density at radius 2 is 1.85 bits per heavy atom. The van der Waals surface area contributed by atoms with E-state index >= 15 is 0 Å². The number of rotatable bonds is 1. The fraction of sp³-hybridized carbons (Fsp3) is 0.722. The topological polar surface area (TPSA) is 26.3 Å². The van der Waals surface area contributed by atoms with Gasteiger partial charge in [-0.15, -0.1) is 0 Å². The Bertz CT molecular complexity index is 460. The fourth-order valence-electron chi connectivity index (χ4n) is 4.67. The van der Waals surface area contributed by atoms with Crippen molar-refractivity contribution < 1.29 is 9.53 Å². The Kier molecular flexibility index (Phi) is 3.64. The van der Waals surface area contributed by atoms with E-state index in [0.717, 1.165) is 5.57 Å². The highest BCUT2D eigenvalue weighted by Crippen LogP contribution is 2.58. The first-order chi connectivity index (χ1) is 9.09. The van der Waals surface area contributed by atoms with E-state index < -0.39 is 5.60 Å².